The van der Waals surface area contributed by atoms with Crippen LogP contribution in [-0.2, 0) is 47.7 Å². The smallest absolute Gasteiger partial charge is 0.437 e. The van der Waals surface area contributed by atoms with E-state index < -0.39 is 127 Å². The quantitative estimate of drug-likeness (QED) is 0.101. The van der Waals surface area contributed by atoms with E-state index in [2.05, 4.69) is 13.1 Å². The summed E-state index contributed by atoms with van der Waals surface area (Å²) >= 11 is 0. The Morgan fingerprint density at radius 2 is 0.868 bits per heavy atom. The minimum absolute atomic E-state index is 0.363. The maximum Gasteiger partial charge on any atom is 0.437 e. The Bertz CT molecular complexity index is 2170. The third kappa shape index (κ3) is 15.2. The number of hydrogen-bond acceptors (Lipinski definition) is 12. The Kier molecular flexibility index (Phi) is 19.9. The highest BCUT2D eigenvalue weighted by molar-refractivity contribution is 7.87. The van der Waals surface area contributed by atoms with E-state index in [0.29, 0.717) is 37.5 Å². The maximum absolute atomic E-state index is 12.9. The Balaban J connectivity index is 0.000000510. The number of halogens is 18. The largest absolute Gasteiger partial charge is 0.550 e. The van der Waals surface area contributed by atoms with Crippen LogP contribution in [0.25, 0.3) is 0 Å². The summed E-state index contributed by atoms with van der Waals surface area (Å²) in [5.74, 6) is -7.49. The van der Waals surface area contributed by atoms with Crippen molar-refractivity contribution in [2.24, 2.45) is 5.92 Å². The predicted octanol–water partition coefficient (Wildman–Crippen LogP) is 7.87. The van der Waals surface area contributed by atoms with Crippen LogP contribution in [0.3, 0.4) is 0 Å². The molecule has 0 atom stereocenters. The van der Waals surface area contributed by atoms with Crippen molar-refractivity contribution in [1.82, 2.24) is 0 Å². The molecule has 0 aromatic heterocycles. The molecule has 2 aromatic rings. The van der Waals surface area contributed by atoms with Gasteiger partial charge >= 0.3 is 48.6 Å². The van der Waals surface area contributed by atoms with Gasteiger partial charge in [-0.15, -0.1) is 0 Å². The first kappa shape index (κ1) is 61.4. The second-order valence-electron chi connectivity index (χ2n) is 14.3. The highest BCUT2D eigenvalue weighted by Crippen LogP contribution is 2.52. The second-order valence-corrected chi connectivity index (χ2v) is 17.4. The van der Waals surface area contributed by atoms with Crippen LogP contribution in [0.2, 0.25) is 0 Å². The van der Waals surface area contributed by atoms with Crippen molar-refractivity contribution >= 4 is 38.1 Å². The Morgan fingerprint density at radius 3 is 1.21 bits per heavy atom. The molecule has 0 heterocycles. The molecule has 0 N–H and O–H groups in total. The maximum atomic E-state index is 12.9. The van der Waals surface area contributed by atoms with Crippen LogP contribution >= 0.6 is 0 Å². The molecule has 1 fully saturated rings. The average molecular weight is 1060 g/mol. The van der Waals surface area contributed by atoms with Gasteiger partial charge in [-0.25, -0.2) is 8.37 Å². The van der Waals surface area contributed by atoms with Crippen molar-refractivity contribution in [3.05, 3.63) is 60.2 Å². The molecule has 68 heavy (non-hydrogen) atoms. The fourth-order valence-electron chi connectivity index (χ4n) is 5.75. The van der Waals surface area contributed by atoms with Crippen LogP contribution in [0.15, 0.2) is 64.4 Å². The SMILES string of the molecule is CCC(OS(=O)(=O)c1ccc(C)cc1)(C(F)(F)F)C(F)(F)F.O=C([O-])CC(OC(=O)CC1CCCCC1)(C(F)(F)F)C(F)(F)F.O=C([O-])CC(OS(=O)(=O)c1ccccc1)(C(F)(F)F)C(F)(F)F. The summed E-state index contributed by atoms with van der Waals surface area (Å²) in [6.07, 6.45) is -41.1. The number of alkyl halides is 18. The topological polar surface area (TPSA) is 193 Å². The first-order valence-corrected chi connectivity index (χ1v) is 21.2. The van der Waals surface area contributed by atoms with Gasteiger partial charge in [0.15, 0.2) is 0 Å². The number of carbonyl (C=O) groups excluding carboxylic acids is 3. The third-order valence-corrected chi connectivity index (χ3v) is 12.1. The van der Waals surface area contributed by atoms with Gasteiger partial charge in [0.2, 0.25) is 0 Å². The van der Waals surface area contributed by atoms with E-state index in [0.717, 1.165) is 43.5 Å². The van der Waals surface area contributed by atoms with E-state index in [1.54, 1.807) is 6.92 Å². The molecular weight excluding hydrogens is 1030 g/mol. The Hall–Kier alpha value is -4.59. The first-order chi connectivity index (χ1) is 30.4. The van der Waals surface area contributed by atoms with E-state index in [-0.39, 0.29) is 5.92 Å². The van der Waals surface area contributed by atoms with Crippen molar-refractivity contribution in [2.45, 2.75) is 135 Å². The zero-order valence-electron chi connectivity index (χ0n) is 34.2. The molecule has 0 spiro atoms. The Morgan fingerprint density at radius 1 is 0.529 bits per heavy atom. The molecule has 0 bridgehead atoms. The highest BCUT2D eigenvalue weighted by Gasteiger charge is 2.76. The van der Waals surface area contributed by atoms with Crippen LogP contribution in [0, 0.1) is 12.8 Å². The minimum Gasteiger partial charge on any atom is -0.550 e. The van der Waals surface area contributed by atoms with Gasteiger partial charge in [-0.2, -0.15) is 95.9 Å². The molecule has 0 aliphatic heterocycles. The van der Waals surface area contributed by atoms with Crippen LogP contribution in [-0.4, -0.2) is 88.6 Å². The molecular formula is C36H34F18O12S2-2. The molecule has 1 saturated carbocycles. The summed E-state index contributed by atoms with van der Waals surface area (Å²) in [6.45, 7) is 2.12. The summed E-state index contributed by atoms with van der Waals surface area (Å²) < 4.78 is 289. The number of carboxylic acids is 2. The molecule has 0 saturated heterocycles. The number of aliphatic carboxylic acids is 2. The predicted molar refractivity (Wildman–Crippen MR) is 186 cm³/mol. The molecule has 1 aliphatic carbocycles. The number of esters is 1. The van der Waals surface area contributed by atoms with E-state index in [1.165, 1.54) is 18.2 Å². The van der Waals surface area contributed by atoms with Crippen molar-refractivity contribution in [3.8, 4) is 0 Å². The van der Waals surface area contributed by atoms with Crippen LogP contribution in [0.4, 0.5) is 79.0 Å². The number of aryl methyl sites for hydroxylation is 1. The molecule has 12 nitrogen and oxygen atoms in total. The average Bonchev–Trinajstić information content (AvgIpc) is 3.14. The lowest BCUT2D eigenvalue weighted by molar-refractivity contribution is -0.381. The van der Waals surface area contributed by atoms with E-state index >= 15 is 0 Å². The van der Waals surface area contributed by atoms with Gasteiger partial charge in [0.25, 0.3) is 31.4 Å². The van der Waals surface area contributed by atoms with E-state index in [9.17, 15) is 120 Å². The van der Waals surface area contributed by atoms with Crippen molar-refractivity contribution < 1.29 is 134 Å². The number of hydrogen-bond donors (Lipinski definition) is 0. The van der Waals surface area contributed by atoms with Gasteiger partial charge in [-0.05, 0) is 56.4 Å². The molecule has 0 amide bonds. The highest BCUT2D eigenvalue weighted by atomic mass is 32.2. The molecule has 1 aliphatic rings. The number of carboxylic acid groups (broad SMARTS) is 2. The Labute approximate surface area is 372 Å². The monoisotopic (exact) mass is 1060 g/mol. The minimum atomic E-state index is -6.38. The zero-order chi connectivity index (χ0) is 53.4. The third-order valence-electron chi connectivity index (χ3n) is 9.35. The lowest BCUT2D eigenvalue weighted by atomic mass is 9.87. The van der Waals surface area contributed by atoms with E-state index in [4.69, 9.17) is 0 Å². The normalized spacial score (nSPS) is 15.3. The van der Waals surface area contributed by atoms with Gasteiger partial charge < -0.3 is 24.5 Å². The lowest BCUT2D eigenvalue weighted by Crippen LogP contribution is -2.61. The van der Waals surface area contributed by atoms with Crippen molar-refractivity contribution in [2.75, 3.05) is 0 Å². The summed E-state index contributed by atoms with van der Waals surface area (Å²) in [5.41, 5.74) is -14.8. The fourth-order valence-corrected chi connectivity index (χ4v) is 8.20. The molecule has 2 aromatic carbocycles. The number of rotatable bonds is 14. The summed E-state index contributed by atoms with van der Waals surface area (Å²) in [4.78, 5) is 30.5. The molecule has 0 unspecified atom stereocenters. The first-order valence-electron chi connectivity index (χ1n) is 18.4. The van der Waals surface area contributed by atoms with Gasteiger partial charge in [0.05, 0.1) is 9.79 Å². The number of ether oxygens (including phenoxy) is 1. The molecule has 32 heteroatoms. The zero-order valence-corrected chi connectivity index (χ0v) is 35.8. The second kappa shape index (κ2) is 22.0. The van der Waals surface area contributed by atoms with Crippen LogP contribution in [0.1, 0.15) is 70.3 Å². The number of benzene rings is 2. The summed E-state index contributed by atoms with van der Waals surface area (Å²) in [7, 11) is -10.8. The lowest BCUT2D eigenvalue weighted by Gasteiger charge is -2.37. The number of carbonyl (C=O) groups is 3. The molecule has 390 valence electrons. The van der Waals surface area contributed by atoms with Crippen LogP contribution < -0.4 is 10.2 Å². The van der Waals surface area contributed by atoms with Crippen molar-refractivity contribution in [1.29, 1.82) is 0 Å². The standard InChI is InChI=1S/C13H16F6O4.C12H12F6O3S.C11H8F6O5S/c14-12(15,16)11(7-9(20)21,13(17,18)19)23-10(22)6-8-4-2-1-3-5-8;1-3-10(11(13,14)15,12(16,17)18)21-22(19,20)9-6-4-8(2)5-7-9;12-10(13,14)9(6-8(18)19,11(15,16)17)22-23(20,21)7-4-2-1-3-5-7/h8H,1-7H2,(H,20,21);4-7H,3H2,1-2H3;1-5H,6H2,(H,18,19)/p-2. The van der Waals surface area contributed by atoms with Crippen LogP contribution in [0.5, 0.6) is 0 Å². The fraction of sp³-hybridized carbons (Fsp3) is 0.583. The van der Waals surface area contributed by atoms with Gasteiger partial charge in [-0.1, -0.05) is 62.1 Å². The van der Waals surface area contributed by atoms with E-state index in [1.807, 2.05) is 0 Å². The summed E-state index contributed by atoms with van der Waals surface area (Å²) in [5, 5.41) is 20.7. The van der Waals surface area contributed by atoms with Gasteiger partial charge in [-0.3, -0.25) is 4.79 Å². The molecule has 0 radical (unpaired) electrons. The van der Waals surface area contributed by atoms with Gasteiger partial charge in [0.1, 0.15) is 0 Å². The van der Waals surface area contributed by atoms with Gasteiger partial charge in [0, 0.05) is 31.2 Å². The molecule has 3 rings (SSSR count). The van der Waals surface area contributed by atoms with Crippen molar-refractivity contribution in [3.63, 3.8) is 0 Å². The summed E-state index contributed by atoms with van der Waals surface area (Å²) in [6, 6.07) is 8.88.